The van der Waals surface area contributed by atoms with Gasteiger partial charge < -0.3 is 29.7 Å². The minimum absolute atomic E-state index is 0.208. The monoisotopic (exact) mass is 549 g/mol. The molecule has 11 heteroatoms. The zero-order valence-corrected chi connectivity index (χ0v) is 22.7. The quantitative estimate of drug-likeness (QED) is 0.292. The van der Waals surface area contributed by atoms with Gasteiger partial charge in [0.25, 0.3) is 0 Å². The third-order valence-electron chi connectivity index (χ3n) is 7.61. The molecule has 5 aromatic rings. The van der Waals surface area contributed by atoms with Crippen LogP contribution in [0.2, 0.25) is 0 Å². The molecule has 5 heterocycles. The van der Waals surface area contributed by atoms with Crippen LogP contribution in [0.4, 0.5) is 28.8 Å². The Hall–Kier alpha value is -4.77. The van der Waals surface area contributed by atoms with E-state index in [-0.39, 0.29) is 5.91 Å². The van der Waals surface area contributed by atoms with Crippen LogP contribution >= 0.6 is 0 Å². The number of hydrogen-bond donors (Lipinski definition) is 2. The van der Waals surface area contributed by atoms with Crippen molar-refractivity contribution in [3.05, 3.63) is 67.1 Å². The molecule has 208 valence electrons. The van der Waals surface area contributed by atoms with Crippen LogP contribution in [0.25, 0.3) is 22.1 Å². The fraction of sp³-hybridized carbons (Fsp3) is 0.300. The van der Waals surface area contributed by atoms with Gasteiger partial charge in [0.2, 0.25) is 11.9 Å². The van der Waals surface area contributed by atoms with Gasteiger partial charge in [-0.1, -0.05) is 6.07 Å². The molecule has 2 aromatic carbocycles. The lowest BCUT2D eigenvalue weighted by Gasteiger charge is -2.28. The number of imidazole rings is 1. The largest absolute Gasteiger partial charge is 0.378 e. The summed E-state index contributed by atoms with van der Waals surface area (Å²) in [5.41, 5.74) is 5.22. The maximum atomic E-state index is 12.2. The Morgan fingerprint density at radius 2 is 1.73 bits per heavy atom. The van der Waals surface area contributed by atoms with Crippen LogP contribution in [-0.4, -0.2) is 74.7 Å². The SMILES string of the molecule is O=C1CCCN1CCn1cnc2c(Nc3ccc(N4CCOCC4)cc3)nc(Nc3ccc4ncccc4c3)nc21. The number of carbonyl (C=O) groups is 1. The van der Waals surface area contributed by atoms with Crippen LogP contribution < -0.4 is 15.5 Å². The highest BCUT2D eigenvalue weighted by molar-refractivity contribution is 5.88. The zero-order valence-electron chi connectivity index (χ0n) is 22.7. The Balaban J connectivity index is 1.20. The predicted octanol–water partition coefficient (Wildman–Crippen LogP) is 4.32. The number of ether oxygens (including phenoxy) is 1. The molecule has 0 unspecified atom stereocenters. The van der Waals surface area contributed by atoms with Crippen molar-refractivity contribution in [3.63, 3.8) is 0 Å². The normalized spacial score (nSPS) is 15.7. The Labute approximate surface area is 237 Å². The van der Waals surface area contributed by atoms with Gasteiger partial charge in [-0.3, -0.25) is 9.78 Å². The van der Waals surface area contributed by atoms with E-state index in [1.54, 1.807) is 12.5 Å². The number of rotatable bonds is 8. The van der Waals surface area contributed by atoms with Crippen molar-refractivity contribution in [2.75, 3.05) is 54.9 Å². The van der Waals surface area contributed by atoms with Crippen LogP contribution in [-0.2, 0) is 16.1 Å². The molecule has 2 aliphatic rings. The summed E-state index contributed by atoms with van der Waals surface area (Å²) in [6.07, 6.45) is 5.10. The summed E-state index contributed by atoms with van der Waals surface area (Å²) in [7, 11) is 0. The summed E-state index contributed by atoms with van der Waals surface area (Å²) in [6, 6.07) is 18.3. The Morgan fingerprint density at radius 3 is 2.56 bits per heavy atom. The minimum atomic E-state index is 0.208. The van der Waals surface area contributed by atoms with Crippen molar-refractivity contribution in [2.24, 2.45) is 0 Å². The molecule has 0 bridgehead atoms. The lowest BCUT2D eigenvalue weighted by molar-refractivity contribution is -0.127. The van der Waals surface area contributed by atoms with E-state index in [1.807, 2.05) is 39.8 Å². The number of hydrogen-bond acceptors (Lipinski definition) is 9. The number of carbonyl (C=O) groups excluding carboxylic acids is 1. The summed E-state index contributed by atoms with van der Waals surface area (Å²) in [5.74, 6) is 1.27. The number of amides is 1. The van der Waals surface area contributed by atoms with Gasteiger partial charge in [0, 0.05) is 67.8 Å². The highest BCUT2D eigenvalue weighted by Gasteiger charge is 2.21. The van der Waals surface area contributed by atoms with Crippen LogP contribution in [0.5, 0.6) is 0 Å². The van der Waals surface area contributed by atoms with Crippen LogP contribution in [0.15, 0.2) is 67.1 Å². The third-order valence-corrected chi connectivity index (χ3v) is 7.61. The second-order valence-corrected chi connectivity index (χ2v) is 10.3. The van der Waals surface area contributed by atoms with Gasteiger partial charge in [0.1, 0.15) is 0 Å². The molecular weight excluding hydrogens is 518 g/mol. The van der Waals surface area contributed by atoms with E-state index in [0.29, 0.717) is 42.4 Å². The number of pyridine rings is 1. The molecule has 0 spiro atoms. The van der Waals surface area contributed by atoms with E-state index in [1.165, 1.54) is 5.69 Å². The number of anilines is 5. The van der Waals surface area contributed by atoms with E-state index in [0.717, 1.165) is 61.5 Å². The average molecular weight is 550 g/mol. The topological polar surface area (TPSA) is 113 Å². The smallest absolute Gasteiger partial charge is 0.231 e. The van der Waals surface area contributed by atoms with Crippen LogP contribution in [0.1, 0.15) is 12.8 Å². The van der Waals surface area contributed by atoms with Gasteiger partial charge in [-0.15, -0.1) is 0 Å². The van der Waals surface area contributed by atoms with Gasteiger partial charge >= 0.3 is 0 Å². The lowest BCUT2D eigenvalue weighted by Crippen LogP contribution is -2.36. The number of fused-ring (bicyclic) bond motifs is 2. The lowest BCUT2D eigenvalue weighted by atomic mass is 10.2. The van der Waals surface area contributed by atoms with Crippen molar-refractivity contribution in [2.45, 2.75) is 19.4 Å². The number of nitrogens with one attached hydrogen (secondary N) is 2. The Morgan fingerprint density at radius 1 is 0.878 bits per heavy atom. The molecule has 2 fully saturated rings. The molecule has 11 nitrogen and oxygen atoms in total. The molecule has 2 N–H and O–H groups in total. The predicted molar refractivity (Wildman–Crippen MR) is 159 cm³/mol. The molecule has 2 aliphatic heterocycles. The summed E-state index contributed by atoms with van der Waals surface area (Å²) in [6.45, 7) is 5.30. The van der Waals surface area contributed by atoms with E-state index in [4.69, 9.17) is 14.7 Å². The number of morpholine rings is 1. The van der Waals surface area contributed by atoms with Crippen LogP contribution in [0, 0.1) is 0 Å². The molecule has 2 saturated heterocycles. The summed E-state index contributed by atoms with van der Waals surface area (Å²) in [5, 5.41) is 7.86. The molecule has 7 rings (SSSR count). The molecule has 41 heavy (non-hydrogen) atoms. The van der Waals surface area contributed by atoms with Gasteiger partial charge in [-0.05, 0) is 55.0 Å². The third kappa shape index (κ3) is 5.36. The van der Waals surface area contributed by atoms with Gasteiger partial charge in [0.05, 0.1) is 25.1 Å². The first-order chi connectivity index (χ1) is 20.2. The molecular formula is C30H31N9O2. The average Bonchev–Trinajstić information content (AvgIpc) is 3.62. The maximum absolute atomic E-state index is 12.2. The minimum Gasteiger partial charge on any atom is -0.378 e. The maximum Gasteiger partial charge on any atom is 0.231 e. The first-order valence-electron chi connectivity index (χ1n) is 14.0. The van der Waals surface area contributed by atoms with Crippen molar-refractivity contribution in [1.29, 1.82) is 0 Å². The molecule has 1 amide bonds. The summed E-state index contributed by atoms with van der Waals surface area (Å²) < 4.78 is 7.48. The second kappa shape index (κ2) is 11.0. The van der Waals surface area contributed by atoms with Gasteiger partial charge in [-0.2, -0.15) is 9.97 Å². The first kappa shape index (κ1) is 25.2. The number of benzene rings is 2. The Kier molecular flexibility index (Phi) is 6.77. The molecule has 0 saturated carbocycles. The fourth-order valence-corrected chi connectivity index (χ4v) is 5.42. The number of nitrogens with zero attached hydrogens (tertiary/aromatic N) is 7. The van der Waals surface area contributed by atoms with Crippen molar-refractivity contribution < 1.29 is 9.53 Å². The van der Waals surface area contributed by atoms with Crippen molar-refractivity contribution in [3.8, 4) is 0 Å². The highest BCUT2D eigenvalue weighted by Crippen LogP contribution is 2.28. The first-order valence-corrected chi connectivity index (χ1v) is 14.0. The fourth-order valence-electron chi connectivity index (χ4n) is 5.42. The molecule has 3 aromatic heterocycles. The second-order valence-electron chi connectivity index (χ2n) is 10.3. The van der Waals surface area contributed by atoms with E-state index >= 15 is 0 Å². The molecule has 0 atom stereocenters. The summed E-state index contributed by atoms with van der Waals surface area (Å²) in [4.78, 5) is 35.2. The van der Waals surface area contributed by atoms with Crippen LogP contribution in [0.3, 0.4) is 0 Å². The molecule has 0 radical (unpaired) electrons. The number of aromatic nitrogens is 5. The van der Waals surface area contributed by atoms with Gasteiger partial charge in [-0.25, -0.2) is 4.98 Å². The Bertz CT molecular complexity index is 1700. The zero-order chi connectivity index (χ0) is 27.6. The van der Waals surface area contributed by atoms with Gasteiger partial charge in [0.15, 0.2) is 17.0 Å². The number of likely N-dealkylation sites (tertiary alicyclic amines) is 1. The highest BCUT2D eigenvalue weighted by atomic mass is 16.5. The van der Waals surface area contributed by atoms with E-state index in [2.05, 4.69) is 49.8 Å². The molecule has 0 aliphatic carbocycles. The van der Waals surface area contributed by atoms with E-state index in [9.17, 15) is 4.79 Å². The van der Waals surface area contributed by atoms with Crippen molar-refractivity contribution in [1.82, 2.24) is 29.4 Å². The summed E-state index contributed by atoms with van der Waals surface area (Å²) >= 11 is 0. The standard InChI is InChI=1S/C30H31N9O2/c40-26-4-2-12-38(26)13-14-39-20-32-27-28(33-22-5-8-24(9-6-22)37-15-17-41-18-16-37)35-30(36-29(27)39)34-23-7-10-25-21(19-23)3-1-11-31-25/h1,3,5-11,19-20H,2,4,12-18H2,(H2,33,34,35,36). The van der Waals surface area contributed by atoms with Crippen molar-refractivity contribution >= 4 is 56.8 Å². The van der Waals surface area contributed by atoms with E-state index < -0.39 is 0 Å².